The predicted octanol–water partition coefficient (Wildman–Crippen LogP) is 0.834. The third kappa shape index (κ3) is 4.71. The van der Waals surface area contributed by atoms with Crippen LogP contribution >= 0.6 is 0 Å². The number of carbonyl (C=O) groups is 2. The molecule has 0 saturated heterocycles. The Balaban J connectivity index is 2.48. The van der Waals surface area contributed by atoms with Crippen molar-refractivity contribution in [2.45, 2.75) is 19.0 Å². The van der Waals surface area contributed by atoms with Crippen LogP contribution in [-0.2, 0) is 11.3 Å². The molecule has 0 aromatic heterocycles. The number of hydrogen-bond acceptors (Lipinski definition) is 3. The molecule has 0 bridgehead atoms. The fraction of sp³-hybridized carbons (Fsp3) is 0.214. The maximum atomic E-state index is 11.5. The zero-order valence-corrected chi connectivity index (χ0v) is 10.6. The minimum Gasteiger partial charge on any atom is -0.480 e. The summed E-state index contributed by atoms with van der Waals surface area (Å²) in [6, 6.07) is 6.93. The summed E-state index contributed by atoms with van der Waals surface area (Å²) in [4.78, 5) is 22.3. The molecule has 0 saturated carbocycles. The Morgan fingerprint density at radius 2 is 2.00 bits per heavy atom. The second kappa shape index (κ2) is 7.45. The monoisotopic (exact) mass is 271 g/mol. The molecule has 0 heterocycles. The van der Waals surface area contributed by atoms with Gasteiger partial charge in [-0.3, -0.25) is 0 Å². The van der Waals surface area contributed by atoms with Gasteiger partial charge in [-0.2, -0.15) is 5.26 Å². The number of terminal acetylenes is 1. The Labute approximate surface area is 116 Å². The molecule has 6 heteroatoms. The number of rotatable bonds is 5. The lowest BCUT2D eigenvalue weighted by Crippen LogP contribution is -2.45. The zero-order chi connectivity index (χ0) is 15.0. The first kappa shape index (κ1) is 15.1. The van der Waals surface area contributed by atoms with Crippen LogP contribution in [0.3, 0.4) is 0 Å². The first-order chi connectivity index (χ1) is 9.56. The summed E-state index contributed by atoms with van der Waals surface area (Å²) in [7, 11) is 0. The molecule has 0 fully saturated rings. The van der Waals surface area contributed by atoms with E-state index in [0.717, 1.165) is 5.56 Å². The van der Waals surface area contributed by atoms with Gasteiger partial charge in [-0.25, -0.2) is 9.59 Å². The molecule has 1 unspecified atom stereocenters. The summed E-state index contributed by atoms with van der Waals surface area (Å²) < 4.78 is 0. The number of carbonyl (C=O) groups excluding carboxylic acids is 1. The molecule has 0 spiro atoms. The summed E-state index contributed by atoms with van der Waals surface area (Å²) in [6.45, 7) is 0.222. The maximum Gasteiger partial charge on any atom is 0.327 e. The molecule has 2 amide bonds. The topological polar surface area (TPSA) is 102 Å². The molecule has 1 aromatic carbocycles. The first-order valence-electron chi connectivity index (χ1n) is 5.76. The van der Waals surface area contributed by atoms with Gasteiger partial charge in [-0.15, -0.1) is 12.3 Å². The largest absolute Gasteiger partial charge is 0.480 e. The van der Waals surface area contributed by atoms with Crippen molar-refractivity contribution in [3.8, 4) is 18.4 Å². The van der Waals surface area contributed by atoms with Crippen molar-refractivity contribution in [2.24, 2.45) is 0 Å². The predicted molar refractivity (Wildman–Crippen MR) is 71.4 cm³/mol. The molecule has 1 rings (SSSR count). The van der Waals surface area contributed by atoms with Gasteiger partial charge in [0.1, 0.15) is 6.04 Å². The Morgan fingerprint density at radius 1 is 1.35 bits per heavy atom. The van der Waals surface area contributed by atoms with Crippen molar-refractivity contribution in [3.63, 3.8) is 0 Å². The Morgan fingerprint density at radius 3 is 2.50 bits per heavy atom. The van der Waals surface area contributed by atoms with Gasteiger partial charge < -0.3 is 15.7 Å². The summed E-state index contributed by atoms with van der Waals surface area (Å²) >= 11 is 0. The number of aliphatic carboxylic acids is 1. The second-order valence-corrected chi connectivity index (χ2v) is 3.93. The smallest absolute Gasteiger partial charge is 0.327 e. The number of nitrogens with one attached hydrogen (secondary N) is 2. The highest BCUT2D eigenvalue weighted by atomic mass is 16.4. The van der Waals surface area contributed by atoms with Crippen LogP contribution < -0.4 is 10.6 Å². The van der Waals surface area contributed by atoms with E-state index in [9.17, 15) is 9.59 Å². The standard InChI is InChI=1S/C14H13N3O3/c1-2-3-12(13(18)19)17-14(20)16-9-11-6-4-10(8-15)5-7-11/h1,4-7,12H,3,9H2,(H,18,19)(H2,16,17,20). The van der Waals surface area contributed by atoms with Crippen LogP contribution in [0.25, 0.3) is 0 Å². The van der Waals surface area contributed by atoms with Crippen molar-refractivity contribution in [3.05, 3.63) is 35.4 Å². The molecule has 0 aliphatic carbocycles. The summed E-state index contributed by atoms with van der Waals surface area (Å²) in [5.74, 6) is 1.00. The highest BCUT2D eigenvalue weighted by molar-refractivity contribution is 5.82. The number of carboxylic acid groups (broad SMARTS) is 1. The van der Waals surface area contributed by atoms with Gasteiger partial charge in [0.15, 0.2) is 0 Å². The number of carboxylic acids is 1. The lowest BCUT2D eigenvalue weighted by Gasteiger charge is -2.12. The molecule has 1 atom stereocenters. The molecule has 3 N–H and O–H groups in total. The molecule has 20 heavy (non-hydrogen) atoms. The van der Waals surface area contributed by atoms with E-state index < -0.39 is 18.0 Å². The fourth-order valence-corrected chi connectivity index (χ4v) is 1.41. The number of nitrogens with zero attached hydrogens (tertiary/aromatic N) is 1. The van der Waals surface area contributed by atoms with Crippen LogP contribution in [0.15, 0.2) is 24.3 Å². The average Bonchev–Trinajstić information content (AvgIpc) is 2.45. The number of hydrogen-bond donors (Lipinski definition) is 3. The van der Waals surface area contributed by atoms with Gasteiger partial charge in [-0.05, 0) is 17.7 Å². The van der Waals surface area contributed by atoms with Crippen molar-refractivity contribution in [1.82, 2.24) is 10.6 Å². The normalized spacial score (nSPS) is 10.7. The van der Waals surface area contributed by atoms with E-state index in [2.05, 4.69) is 16.6 Å². The van der Waals surface area contributed by atoms with E-state index in [1.54, 1.807) is 24.3 Å². The van der Waals surface area contributed by atoms with Crippen LogP contribution in [0.4, 0.5) is 4.79 Å². The van der Waals surface area contributed by atoms with Crippen molar-refractivity contribution >= 4 is 12.0 Å². The van der Waals surface area contributed by atoms with Crippen LogP contribution in [-0.4, -0.2) is 23.1 Å². The highest BCUT2D eigenvalue weighted by Crippen LogP contribution is 2.02. The van der Waals surface area contributed by atoms with E-state index in [-0.39, 0.29) is 13.0 Å². The van der Waals surface area contributed by atoms with Crippen molar-refractivity contribution < 1.29 is 14.7 Å². The Bertz CT molecular complexity index is 567. The number of nitriles is 1. The van der Waals surface area contributed by atoms with Gasteiger partial charge in [0.05, 0.1) is 11.6 Å². The van der Waals surface area contributed by atoms with E-state index in [0.29, 0.717) is 5.56 Å². The number of benzene rings is 1. The molecule has 0 radical (unpaired) electrons. The van der Waals surface area contributed by atoms with Gasteiger partial charge in [0.25, 0.3) is 0 Å². The first-order valence-corrected chi connectivity index (χ1v) is 5.76. The number of amides is 2. The van der Waals surface area contributed by atoms with E-state index in [4.69, 9.17) is 16.8 Å². The minimum absolute atomic E-state index is 0.0837. The summed E-state index contributed by atoms with van der Waals surface area (Å²) in [6.07, 6.45) is 4.94. The molecule has 0 aliphatic rings. The van der Waals surface area contributed by atoms with Crippen molar-refractivity contribution in [1.29, 1.82) is 5.26 Å². The van der Waals surface area contributed by atoms with Crippen molar-refractivity contribution in [2.75, 3.05) is 0 Å². The average molecular weight is 271 g/mol. The van der Waals surface area contributed by atoms with Gasteiger partial charge in [-0.1, -0.05) is 12.1 Å². The van der Waals surface area contributed by atoms with Gasteiger partial charge in [0, 0.05) is 13.0 Å². The molecular formula is C14H13N3O3. The van der Waals surface area contributed by atoms with Crippen LogP contribution in [0.5, 0.6) is 0 Å². The zero-order valence-electron chi connectivity index (χ0n) is 10.6. The minimum atomic E-state index is -1.18. The lowest BCUT2D eigenvalue weighted by atomic mass is 10.1. The summed E-state index contributed by atoms with van der Waals surface area (Å²) in [5.41, 5.74) is 1.32. The van der Waals surface area contributed by atoms with Crippen LogP contribution in [0, 0.1) is 23.7 Å². The van der Waals surface area contributed by atoms with E-state index in [1.807, 2.05) is 6.07 Å². The van der Waals surface area contributed by atoms with E-state index in [1.165, 1.54) is 0 Å². The van der Waals surface area contributed by atoms with E-state index >= 15 is 0 Å². The Hall–Kier alpha value is -2.99. The maximum absolute atomic E-state index is 11.5. The SMILES string of the molecule is C#CCC(NC(=O)NCc1ccc(C#N)cc1)C(=O)O. The molecule has 102 valence electrons. The van der Waals surface area contributed by atoms with Gasteiger partial charge in [0.2, 0.25) is 0 Å². The van der Waals surface area contributed by atoms with Crippen LogP contribution in [0.1, 0.15) is 17.5 Å². The highest BCUT2D eigenvalue weighted by Gasteiger charge is 2.18. The molecule has 1 aromatic rings. The molecule has 6 nitrogen and oxygen atoms in total. The Kier molecular flexibility index (Phi) is 5.61. The number of urea groups is 1. The third-order valence-electron chi connectivity index (χ3n) is 2.46. The summed E-state index contributed by atoms with van der Waals surface area (Å²) in [5, 5.41) is 22.3. The van der Waals surface area contributed by atoms with Gasteiger partial charge >= 0.3 is 12.0 Å². The second-order valence-electron chi connectivity index (χ2n) is 3.93. The van der Waals surface area contributed by atoms with Crippen LogP contribution in [0.2, 0.25) is 0 Å². The quantitative estimate of drug-likeness (QED) is 0.690. The molecule has 0 aliphatic heterocycles. The fourth-order valence-electron chi connectivity index (χ4n) is 1.41. The molecular weight excluding hydrogens is 258 g/mol. The lowest BCUT2D eigenvalue weighted by molar-refractivity contribution is -0.139. The third-order valence-corrected chi connectivity index (χ3v) is 2.46.